The maximum absolute atomic E-state index is 11.4. The van der Waals surface area contributed by atoms with Crippen LogP contribution in [0.5, 0.6) is 0 Å². The molecule has 0 aromatic carbocycles. The fraction of sp³-hybridized carbons (Fsp3) is 0.800. The van der Waals surface area contributed by atoms with Crippen LogP contribution in [0.1, 0.15) is 33.1 Å². The molecule has 112 valence electrons. The normalized spacial score (nSPS) is 14.5. The fourth-order valence-corrected chi connectivity index (χ4v) is 2.37. The number of carboxylic acid groups (broad SMARTS) is 1. The molecule has 0 fully saturated rings. The average molecular weight is 296 g/mol. The van der Waals surface area contributed by atoms with Gasteiger partial charge in [0.15, 0.2) is 0 Å². The number of hydrogen-bond acceptors (Lipinski definition) is 5. The molecule has 0 radical (unpaired) electrons. The number of hydrogen-bond donors (Lipinski definition) is 3. The van der Waals surface area contributed by atoms with Crippen molar-refractivity contribution in [3.63, 3.8) is 0 Å². The van der Waals surface area contributed by atoms with E-state index in [9.17, 15) is 18.0 Å². The lowest BCUT2D eigenvalue weighted by molar-refractivity contribution is -0.141. The van der Waals surface area contributed by atoms with Crippen molar-refractivity contribution < 1.29 is 27.9 Å². The summed E-state index contributed by atoms with van der Waals surface area (Å²) >= 11 is 0. The molecule has 0 rings (SSSR count). The van der Waals surface area contributed by atoms with Gasteiger partial charge in [-0.15, -0.1) is 0 Å². The minimum atomic E-state index is -3.95. The van der Waals surface area contributed by atoms with Crippen molar-refractivity contribution in [1.82, 2.24) is 9.44 Å². The van der Waals surface area contributed by atoms with Crippen molar-refractivity contribution in [2.24, 2.45) is 5.92 Å². The van der Waals surface area contributed by atoms with E-state index in [0.717, 1.165) is 7.11 Å². The monoisotopic (exact) mass is 296 g/mol. The molecule has 0 aromatic heterocycles. The highest BCUT2D eigenvalue weighted by Crippen LogP contribution is 2.09. The predicted octanol–water partition coefficient (Wildman–Crippen LogP) is 0.456. The average Bonchev–Trinajstić information content (AvgIpc) is 2.26. The third kappa shape index (κ3) is 8.38. The Morgan fingerprint density at radius 1 is 1.26 bits per heavy atom. The van der Waals surface area contributed by atoms with Crippen LogP contribution in [-0.4, -0.2) is 38.7 Å². The van der Waals surface area contributed by atoms with Crippen LogP contribution in [0.2, 0.25) is 0 Å². The Labute approximate surface area is 112 Å². The number of carbonyl (C=O) groups is 2. The first-order valence-corrected chi connectivity index (χ1v) is 7.27. The number of methoxy groups -OCH3 is 1. The van der Waals surface area contributed by atoms with Crippen LogP contribution in [-0.2, 0) is 19.7 Å². The Morgan fingerprint density at radius 3 is 2.32 bits per heavy atom. The Kier molecular flexibility index (Phi) is 7.38. The van der Waals surface area contributed by atoms with Crippen molar-refractivity contribution in [3.8, 4) is 0 Å². The molecule has 0 bridgehead atoms. The first-order chi connectivity index (χ1) is 8.68. The zero-order valence-electron chi connectivity index (χ0n) is 11.2. The lowest BCUT2D eigenvalue weighted by Crippen LogP contribution is -2.44. The van der Waals surface area contributed by atoms with Crippen molar-refractivity contribution in [2.45, 2.75) is 39.2 Å². The Morgan fingerprint density at radius 2 is 1.84 bits per heavy atom. The Bertz CT molecular complexity index is 408. The summed E-state index contributed by atoms with van der Waals surface area (Å²) in [6.07, 6.45) is 0.431. The maximum Gasteiger partial charge on any atom is 0.421 e. The molecule has 2 unspecified atom stereocenters. The summed E-state index contributed by atoms with van der Waals surface area (Å²) in [6.45, 7) is 3.22. The van der Waals surface area contributed by atoms with Crippen LogP contribution in [0, 0.1) is 5.92 Å². The van der Waals surface area contributed by atoms with Crippen LogP contribution < -0.4 is 9.44 Å². The van der Waals surface area contributed by atoms with Gasteiger partial charge in [-0.3, -0.25) is 4.79 Å². The second-order valence-electron chi connectivity index (χ2n) is 4.29. The largest absolute Gasteiger partial charge is 0.481 e. The standard InChI is InChI=1S/C10H20N2O6S/c1-7(9(13)14)5-4-6-8(2)11-19(16,17)12-10(15)18-3/h7-8,11H,4-6H2,1-3H3,(H,12,15)(H,13,14). The zero-order valence-corrected chi connectivity index (χ0v) is 12.0. The Hall–Kier alpha value is -1.35. The lowest BCUT2D eigenvalue weighted by atomic mass is 10.0. The SMILES string of the molecule is COC(=O)NS(=O)(=O)NC(C)CCCC(C)C(=O)O. The molecular weight excluding hydrogens is 276 g/mol. The smallest absolute Gasteiger partial charge is 0.421 e. The highest BCUT2D eigenvalue weighted by molar-refractivity contribution is 7.88. The number of aliphatic carboxylic acids is 1. The second-order valence-corrected chi connectivity index (χ2v) is 5.73. The molecule has 0 aromatic rings. The summed E-state index contributed by atoms with van der Waals surface area (Å²) in [7, 11) is -2.89. The molecule has 0 aliphatic heterocycles. The predicted molar refractivity (Wildman–Crippen MR) is 67.7 cm³/mol. The molecular formula is C10H20N2O6S. The molecule has 1 amide bonds. The number of nitrogens with one attached hydrogen (secondary N) is 2. The summed E-state index contributed by atoms with van der Waals surface area (Å²) in [5.41, 5.74) is 0. The van der Waals surface area contributed by atoms with E-state index >= 15 is 0 Å². The summed E-state index contributed by atoms with van der Waals surface area (Å²) in [5, 5.41) is 8.69. The number of ether oxygens (including phenoxy) is 1. The molecule has 2 atom stereocenters. The van der Waals surface area contributed by atoms with Gasteiger partial charge in [0.05, 0.1) is 13.0 Å². The molecule has 0 saturated carbocycles. The Balaban J connectivity index is 4.07. The van der Waals surface area contributed by atoms with Crippen LogP contribution >= 0.6 is 0 Å². The van der Waals surface area contributed by atoms with Gasteiger partial charge in [0.25, 0.3) is 0 Å². The van der Waals surface area contributed by atoms with E-state index in [2.05, 4.69) is 9.46 Å². The van der Waals surface area contributed by atoms with Gasteiger partial charge in [-0.1, -0.05) is 13.3 Å². The van der Waals surface area contributed by atoms with E-state index in [4.69, 9.17) is 5.11 Å². The first kappa shape index (κ1) is 17.6. The van der Waals surface area contributed by atoms with Gasteiger partial charge in [0, 0.05) is 6.04 Å². The summed E-state index contributed by atoms with van der Waals surface area (Å²) in [5.74, 6) is -1.34. The first-order valence-electron chi connectivity index (χ1n) is 5.78. The number of carboxylic acids is 1. The van der Waals surface area contributed by atoms with Crippen molar-refractivity contribution in [2.75, 3.05) is 7.11 Å². The number of carbonyl (C=O) groups excluding carboxylic acids is 1. The second kappa shape index (κ2) is 7.95. The van der Waals surface area contributed by atoms with E-state index in [1.165, 1.54) is 0 Å². The van der Waals surface area contributed by atoms with Gasteiger partial charge in [0.2, 0.25) is 0 Å². The summed E-state index contributed by atoms with van der Waals surface area (Å²) in [6, 6.07) is -0.414. The molecule has 8 nitrogen and oxygen atoms in total. The van der Waals surface area contributed by atoms with Crippen molar-refractivity contribution in [3.05, 3.63) is 0 Å². The van der Waals surface area contributed by atoms with Gasteiger partial charge in [-0.25, -0.2) is 9.52 Å². The zero-order chi connectivity index (χ0) is 15.1. The minimum absolute atomic E-state index is 0.414. The molecule has 0 heterocycles. The van der Waals surface area contributed by atoms with Gasteiger partial charge in [-0.05, 0) is 19.8 Å². The molecule has 0 spiro atoms. The molecule has 19 heavy (non-hydrogen) atoms. The van der Waals surface area contributed by atoms with Crippen LogP contribution in [0.3, 0.4) is 0 Å². The van der Waals surface area contributed by atoms with Gasteiger partial charge < -0.3 is 9.84 Å². The number of amides is 1. The van der Waals surface area contributed by atoms with Crippen molar-refractivity contribution in [1.29, 1.82) is 0 Å². The van der Waals surface area contributed by atoms with E-state index in [0.29, 0.717) is 19.3 Å². The third-order valence-corrected chi connectivity index (χ3v) is 3.60. The van der Waals surface area contributed by atoms with Gasteiger partial charge in [0.1, 0.15) is 0 Å². The number of rotatable bonds is 8. The van der Waals surface area contributed by atoms with Crippen LogP contribution in [0.15, 0.2) is 0 Å². The van der Waals surface area contributed by atoms with E-state index in [1.807, 2.05) is 0 Å². The van der Waals surface area contributed by atoms with Crippen molar-refractivity contribution >= 4 is 22.3 Å². The quantitative estimate of drug-likeness (QED) is 0.598. The van der Waals surface area contributed by atoms with E-state index < -0.39 is 34.2 Å². The maximum atomic E-state index is 11.4. The molecule has 3 N–H and O–H groups in total. The molecule has 9 heteroatoms. The topological polar surface area (TPSA) is 122 Å². The highest BCUT2D eigenvalue weighted by Gasteiger charge is 2.18. The summed E-state index contributed by atoms with van der Waals surface area (Å²) < 4.78 is 30.9. The highest BCUT2D eigenvalue weighted by atomic mass is 32.2. The van der Waals surface area contributed by atoms with E-state index in [1.54, 1.807) is 18.6 Å². The lowest BCUT2D eigenvalue weighted by Gasteiger charge is -2.14. The van der Waals surface area contributed by atoms with Gasteiger partial charge >= 0.3 is 22.3 Å². The van der Waals surface area contributed by atoms with Crippen LogP contribution in [0.25, 0.3) is 0 Å². The molecule has 0 saturated heterocycles. The summed E-state index contributed by atoms with van der Waals surface area (Å²) in [4.78, 5) is 21.4. The fourth-order valence-electron chi connectivity index (χ4n) is 1.36. The molecule has 0 aliphatic rings. The third-order valence-electron chi connectivity index (χ3n) is 2.46. The molecule has 0 aliphatic carbocycles. The van der Waals surface area contributed by atoms with Gasteiger partial charge in [-0.2, -0.15) is 13.1 Å². The van der Waals surface area contributed by atoms with Crippen LogP contribution in [0.4, 0.5) is 4.79 Å². The minimum Gasteiger partial charge on any atom is -0.481 e. The van der Waals surface area contributed by atoms with E-state index in [-0.39, 0.29) is 0 Å².